The van der Waals surface area contributed by atoms with Crippen molar-refractivity contribution in [1.82, 2.24) is 10.6 Å². The number of rotatable bonds is 2. The van der Waals surface area contributed by atoms with E-state index in [1.54, 1.807) is 0 Å². The molecule has 0 aromatic rings. The van der Waals surface area contributed by atoms with Crippen molar-refractivity contribution in [1.29, 1.82) is 0 Å². The average Bonchev–Trinajstić information content (AvgIpc) is 2.68. The molecule has 0 aromatic carbocycles. The summed E-state index contributed by atoms with van der Waals surface area (Å²) >= 11 is 0. The van der Waals surface area contributed by atoms with Gasteiger partial charge in [-0.1, -0.05) is 20.8 Å². The lowest BCUT2D eigenvalue weighted by atomic mass is 9.79. The fourth-order valence-corrected chi connectivity index (χ4v) is 3.33. The van der Waals surface area contributed by atoms with Gasteiger partial charge in [-0.3, -0.25) is 4.79 Å². The highest BCUT2D eigenvalue weighted by molar-refractivity contribution is 5.79. The van der Waals surface area contributed by atoms with Crippen molar-refractivity contribution < 1.29 is 4.79 Å². The Kier molecular flexibility index (Phi) is 4.08. The smallest absolute Gasteiger partial charge is 0.224 e. The predicted octanol–water partition coefficient (Wildman–Crippen LogP) is 1.78. The molecule has 5 atom stereocenters. The largest absolute Gasteiger partial charge is 0.353 e. The minimum atomic E-state index is 0.182. The summed E-state index contributed by atoms with van der Waals surface area (Å²) in [5.74, 6) is 2.39. The summed E-state index contributed by atoms with van der Waals surface area (Å²) in [6.45, 7) is 8.59. The number of hydrogen-bond donors (Lipinski definition) is 2. The van der Waals surface area contributed by atoms with Gasteiger partial charge in [0, 0.05) is 12.6 Å². The lowest BCUT2D eigenvalue weighted by molar-refractivity contribution is -0.126. The van der Waals surface area contributed by atoms with Gasteiger partial charge < -0.3 is 10.6 Å². The lowest BCUT2D eigenvalue weighted by Gasteiger charge is -2.34. The number of carbonyl (C=O) groups is 1. The summed E-state index contributed by atoms with van der Waals surface area (Å²) < 4.78 is 0. The third-order valence-corrected chi connectivity index (χ3v) is 4.61. The Hall–Kier alpha value is -0.570. The standard InChI is InChI=1S/C14H26N2O/c1-9-4-5-13(10(2)6-9)16-14(17)12-8-15-7-11(12)3/h9-13,15H,4-8H2,1-3H3,(H,16,17). The maximum atomic E-state index is 12.2. The molecule has 1 aliphatic heterocycles. The molecule has 5 unspecified atom stereocenters. The van der Waals surface area contributed by atoms with Crippen molar-refractivity contribution in [2.45, 2.75) is 46.1 Å². The molecule has 0 spiro atoms. The second-order valence-electron chi connectivity index (χ2n) is 6.25. The molecule has 2 fully saturated rings. The highest BCUT2D eigenvalue weighted by atomic mass is 16.2. The van der Waals surface area contributed by atoms with Crippen LogP contribution in [-0.2, 0) is 4.79 Å². The van der Waals surface area contributed by atoms with Crippen LogP contribution in [0.3, 0.4) is 0 Å². The van der Waals surface area contributed by atoms with Gasteiger partial charge in [0.05, 0.1) is 5.92 Å². The van der Waals surface area contributed by atoms with Gasteiger partial charge in [0.2, 0.25) is 5.91 Å². The summed E-state index contributed by atoms with van der Waals surface area (Å²) in [6.07, 6.45) is 3.67. The Morgan fingerprint density at radius 2 is 1.88 bits per heavy atom. The minimum absolute atomic E-state index is 0.182. The van der Waals surface area contributed by atoms with E-state index in [0.717, 1.165) is 25.4 Å². The first-order valence-electron chi connectivity index (χ1n) is 7.09. The van der Waals surface area contributed by atoms with Crippen LogP contribution in [0.1, 0.15) is 40.0 Å². The molecule has 1 heterocycles. The molecule has 0 bridgehead atoms. The third kappa shape index (κ3) is 3.01. The van der Waals surface area contributed by atoms with Crippen molar-refractivity contribution >= 4 is 5.91 Å². The normalized spacial score (nSPS) is 42.4. The lowest BCUT2D eigenvalue weighted by Crippen LogP contribution is -2.46. The summed E-state index contributed by atoms with van der Waals surface area (Å²) in [7, 11) is 0. The molecule has 3 nitrogen and oxygen atoms in total. The second kappa shape index (κ2) is 5.38. The van der Waals surface area contributed by atoms with Gasteiger partial charge in [-0.05, 0) is 43.6 Å². The molecule has 1 saturated heterocycles. The Morgan fingerprint density at radius 3 is 2.47 bits per heavy atom. The molecule has 0 aromatic heterocycles. The number of carbonyl (C=O) groups excluding carboxylic acids is 1. The van der Waals surface area contributed by atoms with Crippen molar-refractivity contribution in [2.24, 2.45) is 23.7 Å². The fraction of sp³-hybridized carbons (Fsp3) is 0.929. The van der Waals surface area contributed by atoms with E-state index in [-0.39, 0.29) is 11.8 Å². The van der Waals surface area contributed by atoms with E-state index < -0.39 is 0 Å². The van der Waals surface area contributed by atoms with E-state index in [9.17, 15) is 4.79 Å². The first-order valence-corrected chi connectivity index (χ1v) is 7.09. The van der Waals surface area contributed by atoms with Crippen LogP contribution in [0.4, 0.5) is 0 Å². The van der Waals surface area contributed by atoms with E-state index in [0.29, 0.717) is 17.9 Å². The Balaban J connectivity index is 1.86. The SMILES string of the molecule is CC1CCC(NC(=O)C2CNCC2C)C(C)C1. The number of amides is 1. The molecule has 1 saturated carbocycles. The molecule has 2 rings (SSSR count). The van der Waals surface area contributed by atoms with Gasteiger partial charge in [0.25, 0.3) is 0 Å². The summed E-state index contributed by atoms with van der Waals surface area (Å²) in [5.41, 5.74) is 0. The zero-order valence-corrected chi connectivity index (χ0v) is 11.3. The van der Waals surface area contributed by atoms with Crippen LogP contribution in [0.25, 0.3) is 0 Å². The zero-order chi connectivity index (χ0) is 12.4. The molecular formula is C14H26N2O. The van der Waals surface area contributed by atoms with Gasteiger partial charge in [0.15, 0.2) is 0 Å². The summed E-state index contributed by atoms with van der Waals surface area (Å²) in [6, 6.07) is 0.409. The first-order chi connectivity index (χ1) is 8.08. The second-order valence-corrected chi connectivity index (χ2v) is 6.25. The molecule has 0 radical (unpaired) electrons. The molecule has 1 amide bonds. The van der Waals surface area contributed by atoms with Crippen molar-refractivity contribution in [3.8, 4) is 0 Å². The van der Waals surface area contributed by atoms with Crippen LogP contribution >= 0.6 is 0 Å². The van der Waals surface area contributed by atoms with Gasteiger partial charge in [-0.15, -0.1) is 0 Å². The van der Waals surface area contributed by atoms with Gasteiger partial charge in [-0.2, -0.15) is 0 Å². The van der Waals surface area contributed by atoms with Crippen LogP contribution in [-0.4, -0.2) is 25.0 Å². The molecule has 17 heavy (non-hydrogen) atoms. The maximum absolute atomic E-state index is 12.2. The average molecular weight is 238 g/mol. The minimum Gasteiger partial charge on any atom is -0.353 e. The molecule has 98 valence electrons. The van der Waals surface area contributed by atoms with Crippen LogP contribution < -0.4 is 10.6 Å². The fourth-order valence-electron chi connectivity index (χ4n) is 3.33. The Morgan fingerprint density at radius 1 is 1.12 bits per heavy atom. The Bertz CT molecular complexity index is 279. The highest BCUT2D eigenvalue weighted by Gasteiger charge is 2.33. The number of nitrogens with one attached hydrogen (secondary N) is 2. The zero-order valence-electron chi connectivity index (χ0n) is 11.3. The van der Waals surface area contributed by atoms with Gasteiger partial charge in [-0.25, -0.2) is 0 Å². The van der Waals surface area contributed by atoms with Crippen molar-refractivity contribution in [3.05, 3.63) is 0 Å². The van der Waals surface area contributed by atoms with Gasteiger partial charge in [0.1, 0.15) is 0 Å². The van der Waals surface area contributed by atoms with Crippen LogP contribution in [0, 0.1) is 23.7 Å². The van der Waals surface area contributed by atoms with E-state index >= 15 is 0 Å². The molecule has 2 aliphatic rings. The van der Waals surface area contributed by atoms with Gasteiger partial charge >= 0.3 is 0 Å². The highest BCUT2D eigenvalue weighted by Crippen LogP contribution is 2.29. The molecule has 1 aliphatic carbocycles. The summed E-state index contributed by atoms with van der Waals surface area (Å²) in [5, 5.41) is 6.58. The van der Waals surface area contributed by atoms with Crippen LogP contribution in [0.15, 0.2) is 0 Å². The topological polar surface area (TPSA) is 41.1 Å². The van der Waals surface area contributed by atoms with Crippen molar-refractivity contribution in [3.63, 3.8) is 0 Å². The monoisotopic (exact) mass is 238 g/mol. The van der Waals surface area contributed by atoms with Crippen LogP contribution in [0.2, 0.25) is 0 Å². The van der Waals surface area contributed by atoms with E-state index in [1.807, 2.05) is 0 Å². The Labute approximate surface area is 105 Å². The molecule has 2 N–H and O–H groups in total. The third-order valence-electron chi connectivity index (χ3n) is 4.61. The van der Waals surface area contributed by atoms with Crippen molar-refractivity contribution in [2.75, 3.05) is 13.1 Å². The number of hydrogen-bond acceptors (Lipinski definition) is 2. The van der Waals surface area contributed by atoms with E-state index in [2.05, 4.69) is 31.4 Å². The van der Waals surface area contributed by atoms with Crippen LogP contribution in [0.5, 0.6) is 0 Å². The van der Waals surface area contributed by atoms with E-state index in [1.165, 1.54) is 12.8 Å². The predicted molar refractivity (Wildman–Crippen MR) is 69.6 cm³/mol. The van der Waals surface area contributed by atoms with E-state index in [4.69, 9.17) is 0 Å². The maximum Gasteiger partial charge on any atom is 0.224 e. The quantitative estimate of drug-likeness (QED) is 0.770. The first kappa shape index (κ1) is 12.9. The molecule has 3 heteroatoms. The summed E-state index contributed by atoms with van der Waals surface area (Å²) in [4.78, 5) is 12.2. The molecular weight excluding hydrogens is 212 g/mol.